The van der Waals surface area contributed by atoms with Crippen LogP contribution in [-0.4, -0.2) is 82.8 Å². The Labute approximate surface area is 182 Å². The van der Waals surface area contributed by atoms with Gasteiger partial charge in [0.1, 0.15) is 23.5 Å². The molecule has 0 aliphatic carbocycles. The van der Waals surface area contributed by atoms with Crippen LogP contribution in [0.3, 0.4) is 0 Å². The molecule has 1 fully saturated rings. The highest BCUT2D eigenvalue weighted by atomic mass is 32.2. The lowest BCUT2D eigenvalue weighted by Crippen LogP contribution is -2.58. The minimum absolute atomic E-state index is 0.0449. The number of carbonyl (C=O) groups excluding carboxylic acids is 1. The molecule has 4 rings (SSSR count). The van der Waals surface area contributed by atoms with E-state index in [-0.39, 0.29) is 19.0 Å². The highest BCUT2D eigenvalue weighted by Crippen LogP contribution is 2.24. The molecule has 14 heteroatoms. The first-order valence-electron chi connectivity index (χ1n) is 9.53. The van der Waals surface area contributed by atoms with Gasteiger partial charge in [-0.05, 0) is 12.1 Å². The maximum absolute atomic E-state index is 13.1. The van der Waals surface area contributed by atoms with Gasteiger partial charge in [-0.3, -0.25) is 4.79 Å². The molecule has 11 nitrogen and oxygen atoms in total. The van der Waals surface area contributed by atoms with Crippen molar-refractivity contribution < 1.29 is 22.0 Å². The van der Waals surface area contributed by atoms with Gasteiger partial charge in [-0.2, -0.15) is 5.10 Å². The quantitative estimate of drug-likeness (QED) is 0.551. The summed E-state index contributed by atoms with van der Waals surface area (Å²) in [4.78, 5) is 28.3. The van der Waals surface area contributed by atoms with E-state index in [1.165, 1.54) is 34.1 Å². The van der Waals surface area contributed by atoms with E-state index in [0.29, 0.717) is 29.4 Å². The summed E-state index contributed by atoms with van der Waals surface area (Å²) >= 11 is 0. The number of amides is 1. The van der Waals surface area contributed by atoms with E-state index < -0.39 is 28.2 Å². The summed E-state index contributed by atoms with van der Waals surface area (Å²) in [6, 6.07) is 3.86. The van der Waals surface area contributed by atoms with Gasteiger partial charge in [0, 0.05) is 26.2 Å². The van der Waals surface area contributed by atoms with E-state index in [1.807, 2.05) is 0 Å². The summed E-state index contributed by atoms with van der Waals surface area (Å²) in [6.45, 7) is 0.439. The number of alkyl halides is 2. The first kappa shape index (κ1) is 22.0. The number of carbonyl (C=O) groups is 1. The number of fused-ring (bicyclic) bond motifs is 1. The number of aromatic nitrogens is 5. The number of likely N-dealkylation sites (N-methyl/N-ethyl adjacent to an activating group) is 1. The van der Waals surface area contributed by atoms with Gasteiger partial charge in [0.05, 0.1) is 30.7 Å². The summed E-state index contributed by atoms with van der Waals surface area (Å²) in [7, 11) is -1.80. The second-order valence-electron chi connectivity index (χ2n) is 7.39. The van der Waals surface area contributed by atoms with Crippen LogP contribution in [0, 0.1) is 0 Å². The molecule has 4 heterocycles. The minimum Gasteiger partial charge on any atom is -0.345 e. The van der Waals surface area contributed by atoms with Gasteiger partial charge in [0.15, 0.2) is 5.65 Å². The topological polar surface area (TPSA) is 126 Å². The number of nitrogens with one attached hydrogen (secondary N) is 1. The first-order chi connectivity index (χ1) is 15.1. The smallest absolute Gasteiger partial charge is 0.282 e. The van der Waals surface area contributed by atoms with Gasteiger partial charge in [0.25, 0.3) is 6.43 Å². The zero-order valence-corrected chi connectivity index (χ0v) is 18.0. The Balaban J connectivity index is 1.63. The van der Waals surface area contributed by atoms with Crippen LogP contribution >= 0.6 is 0 Å². The molecule has 1 aliphatic rings. The second kappa shape index (κ2) is 8.35. The van der Waals surface area contributed by atoms with Gasteiger partial charge in [-0.1, -0.05) is 0 Å². The Morgan fingerprint density at radius 1 is 1.25 bits per heavy atom. The van der Waals surface area contributed by atoms with Crippen molar-refractivity contribution in [2.45, 2.75) is 12.5 Å². The Bertz CT molecular complexity index is 1270. The Morgan fingerprint density at radius 2 is 2.03 bits per heavy atom. The molecule has 1 atom stereocenters. The zero-order chi connectivity index (χ0) is 23.0. The number of rotatable bonds is 6. The van der Waals surface area contributed by atoms with Crippen LogP contribution in [-0.2, 0) is 14.8 Å². The standard InChI is InChI=1S/C18H20F2N8O3S/c1-26-11(6-24-32(2,30)31)8-27(9-17(26)29)16-5-13(22-10-23-16)14-7-21-15-4-3-12(18(19)20)25-28(14)15/h3-5,7,10-11,18,24H,6,8-9H2,1-2H3. The maximum atomic E-state index is 13.1. The van der Waals surface area contributed by atoms with Crippen molar-refractivity contribution in [2.75, 3.05) is 37.8 Å². The summed E-state index contributed by atoms with van der Waals surface area (Å²) in [6.07, 6.45) is 1.09. The number of anilines is 1. The molecule has 1 aliphatic heterocycles. The molecule has 1 N–H and O–H groups in total. The molecular formula is C18H20F2N8O3S. The van der Waals surface area contributed by atoms with Crippen molar-refractivity contribution in [3.63, 3.8) is 0 Å². The Kier molecular flexibility index (Phi) is 5.73. The molecule has 3 aromatic heterocycles. The van der Waals surface area contributed by atoms with Gasteiger partial charge < -0.3 is 9.80 Å². The van der Waals surface area contributed by atoms with Crippen LogP contribution in [0.25, 0.3) is 17.0 Å². The number of nitrogens with zero attached hydrogens (tertiary/aromatic N) is 7. The molecule has 3 aromatic rings. The van der Waals surface area contributed by atoms with Crippen LogP contribution in [0.5, 0.6) is 0 Å². The van der Waals surface area contributed by atoms with Crippen molar-refractivity contribution in [1.29, 1.82) is 0 Å². The lowest BCUT2D eigenvalue weighted by Gasteiger charge is -2.39. The van der Waals surface area contributed by atoms with Crippen LogP contribution in [0.4, 0.5) is 14.6 Å². The fourth-order valence-electron chi connectivity index (χ4n) is 3.38. The Morgan fingerprint density at radius 3 is 2.75 bits per heavy atom. The molecule has 0 aromatic carbocycles. The molecule has 32 heavy (non-hydrogen) atoms. The molecule has 0 radical (unpaired) electrons. The highest BCUT2D eigenvalue weighted by molar-refractivity contribution is 7.88. The van der Waals surface area contributed by atoms with E-state index >= 15 is 0 Å². The van der Waals surface area contributed by atoms with Crippen molar-refractivity contribution >= 4 is 27.4 Å². The summed E-state index contributed by atoms with van der Waals surface area (Å²) in [5.41, 5.74) is 0.767. The SMILES string of the molecule is CN1C(=O)CN(c2cc(-c3cnc4ccc(C(F)F)nn34)ncn2)CC1CNS(C)(=O)=O. The summed E-state index contributed by atoms with van der Waals surface area (Å²) in [5, 5.41) is 3.94. The number of imidazole rings is 1. The fourth-order valence-corrected chi connectivity index (χ4v) is 3.88. The summed E-state index contributed by atoms with van der Waals surface area (Å²) < 4.78 is 52.8. The monoisotopic (exact) mass is 466 g/mol. The Hall–Kier alpha value is -3.26. The molecule has 1 unspecified atom stereocenters. The molecule has 1 amide bonds. The van der Waals surface area contributed by atoms with Gasteiger partial charge in [0.2, 0.25) is 15.9 Å². The lowest BCUT2D eigenvalue weighted by atomic mass is 10.1. The number of hydrogen-bond acceptors (Lipinski definition) is 8. The maximum Gasteiger partial charge on any atom is 0.282 e. The average Bonchev–Trinajstić information content (AvgIpc) is 3.17. The fraction of sp³-hybridized carbons (Fsp3) is 0.389. The third-order valence-corrected chi connectivity index (χ3v) is 5.82. The van der Waals surface area contributed by atoms with E-state index in [2.05, 4.69) is 24.8 Å². The van der Waals surface area contributed by atoms with E-state index in [9.17, 15) is 22.0 Å². The van der Waals surface area contributed by atoms with Crippen LogP contribution in [0.1, 0.15) is 12.1 Å². The predicted molar refractivity (Wildman–Crippen MR) is 111 cm³/mol. The molecule has 0 bridgehead atoms. The van der Waals surface area contributed by atoms with Crippen molar-refractivity contribution in [1.82, 2.24) is 34.2 Å². The van der Waals surface area contributed by atoms with Crippen molar-refractivity contribution in [2.24, 2.45) is 0 Å². The second-order valence-corrected chi connectivity index (χ2v) is 9.23. The van der Waals surface area contributed by atoms with Gasteiger partial charge in [-0.15, -0.1) is 0 Å². The molecule has 0 spiro atoms. The minimum atomic E-state index is -3.42. The molecule has 170 valence electrons. The third-order valence-electron chi connectivity index (χ3n) is 5.13. The molecule has 1 saturated heterocycles. The summed E-state index contributed by atoms with van der Waals surface area (Å²) in [5.74, 6) is 0.232. The van der Waals surface area contributed by atoms with Crippen LogP contribution < -0.4 is 9.62 Å². The van der Waals surface area contributed by atoms with Crippen LogP contribution in [0.15, 0.2) is 30.7 Å². The first-order valence-corrected chi connectivity index (χ1v) is 11.4. The van der Waals surface area contributed by atoms with Crippen molar-refractivity contribution in [3.05, 3.63) is 36.4 Å². The normalized spacial score (nSPS) is 17.5. The number of hydrogen-bond donors (Lipinski definition) is 1. The lowest BCUT2D eigenvalue weighted by molar-refractivity contribution is -0.131. The van der Waals surface area contributed by atoms with Gasteiger partial charge >= 0.3 is 0 Å². The largest absolute Gasteiger partial charge is 0.345 e. The molecular weight excluding hydrogens is 446 g/mol. The highest BCUT2D eigenvalue weighted by Gasteiger charge is 2.31. The number of sulfonamides is 1. The third kappa shape index (κ3) is 4.50. The van der Waals surface area contributed by atoms with E-state index in [4.69, 9.17) is 0 Å². The van der Waals surface area contributed by atoms with E-state index in [1.54, 1.807) is 18.0 Å². The van der Waals surface area contributed by atoms with E-state index in [0.717, 1.165) is 6.26 Å². The van der Waals surface area contributed by atoms with Crippen LogP contribution in [0.2, 0.25) is 0 Å². The van der Waals surface area contributed by atoms with Gasteiger partial charge in [-0.25, -0.2) is 41.4 Å². The predicted octanol–water partition coefficient (Wildman–Crippen LogP) is 0.320. The number of halogens is 2. The molecule has 0 saturated carbocycles. The average molecular weight is 466 g/mol. The van der Waals surface area contributed by atoms with Crippen molar-refractivity contribution in [3.8, 4) is 11.4 Å². The number of piperazine rings is 1. The zero-order valence-electron chi connectivity index (χ0n) is 17.2.